The fraction of sp³-hybridized carbons (Fsp3) is 0.444. The Morgan fingerprint density at radius 2 is 2.07 bits per heavy atom. The van der Waals surface area contributed by atoms with Crippen molar-refractivity contribution in [3.05, 3.63) is 22.3 Å². The van der Waals surface area contributed by atoms with Crippen LogP contribution in [0, 0.1) is 6.92 Å². The standard InChI is InChI=1S/C9H13BrN2O2S/c1-6(2)15(13,14)12-9-4-7(3)8(10)5-11-9/h4-6H,1-3H3,(H,11,12). The van der Waals surface area contributed by atoms with E-state index >= 15 is 0 Å². The summed E-state index contributed by atoms with van der Waals surface area (Å²) >= 11 is 3.30. The van der Waals surface area contributed by atoms with Crippen LogP contribution < -0.4 is 4.72 Å². The van der Waals surface area contributed by atoms with Crippen LogP contribution in [-0.4, -0.2) is 18.7 Å². The van der Waals surface area contributed by atoms with Gasteiger partial charge in [0.25, 0.3) is 0 Å². The van der Waals surface area contributed by atoms with E-state index in [-0.39, 0.29) is 0 Å². The van der Waals surface area contributed by atoms with Crippen LogP contribution in [0.4, 0.5) is 5.82 Å². The largest absolute Gasteiger partial charge is 0.267 e. The molecule has 0 saturated heterocycles. The van der Waals surface area contributed by atoms with Crippen LogP contribution >= 0.6 is 15.9 Å². The van der Waals surface area contributed by atoms with Gasteiger partial charge in [-0.05, 0) is 48.3 Å². The van der Waals surface area contributed by atoms with Gasteiger partial charge in [0, 0.05) is 10.7 Å². The first-order valence-corrected chi connectivity index (χ1v) is 6.80. The van der Waals surface area contributed by atoms with Gasteiger partial charge in [0.1, 0.15) is 5.82 Å². The third-order valence-electron chi connectivity index (χ3n) is 1.91. The van der Waals surface area contributed by atoms with Crippen molar-refractivity contribution in [2.75, 3.05) is 4.72 Å². The van der Waals surface area contributed by atoms with E-state index in [1.165, 1.54) is 0 Å². The predicted octanol–water partition coefficient (Wildman–Crippen LogP) is 2.30. The van der Waals surface area contributed by atoms with Gasteiger partial charge < -0.3 is 0 Å². The Hall–Kier alpha value is -0.620. The molecule has 0 atom stereocenters. The molecule has 0 aliphatic rings. The molecule has 1 rings (SSSR count). The van der Waals surface area contributed by atoms with Gasteiger partial charge in [-0.1, -0.05) is 0 Å². The van der Waals surface area contributed by atoms with Crippen molar-refractivity contribution in [2.24, 2.45) is 0 Å². The summed E-state index contributed by atoms with van der Waals surface area (Å²) < 4.78 is 26.3. The van der Waals surface area contributed by atoms with E-state index in [2.05, 4.69) is 25.6 Å². The van der Waals surface area contributed by atoms with E-state index in [9.17, 15) is 8.42 Å². The monoisotopic (exact) mass is 292 g/mol. The molecule has 0 bridgehead atoms. The maximum absolute atomic E-state index is 11.5. The molecule has 6 heteroatoms. The quantitative estimate of drug-likeness (QED) is 0.930. The molecule has 15 heavy (non-hydrogen) atoms. The summed E-state index contributed by atoms with van der Waals surface area (Å²) in [6.45, 7) is 5.11. The maximum atomic E-state index is 11.5. The second-order valence-electron chi connectivity index (χ2n) is 3.51. The first kappa shape index (κ1) is 12.4. The van der Waals surface area contributed by atoms with Crippen LogP contribution in [0.5, 0.6) is 0 Å². The van der Waals surface area contributed by atoms with Crippen molar-refractivity contribution in [3.8, 4) is 0 Å². The zero-order chi connectivity index (χ0) is 11.6. The summed E-state index contributed by atoms with van der Waals surface area (Å²) in [6.07, 6.45) is 1.58. The Morgan fingerprint density at radius 1 is 1.47 bits per heavy atom. The lowest BCUT2D eigenvalue weighted by Crippen LogP contribution is -2.23. The number of rotatable bonds is 3. The molecule has 0 aliphatic carbocycles. The normalized spacial score (nSPS) is 11.8. The summed E-state index contributed by atoms with van der Waals surface area (Å²) in [4.78, 5) is 3.97. The summed E-state index contributed by atoms with van der Waals surface area (Å²) in [5, 5.41) is -0.469. The molecule has 1 N–H and O–H groups in total. The Kier molecular flexibility index (Phi) is 3.72. The Balaban J connectivity index is 2.96. The van der Waals surface area contributed by atoms with Gasteiger partial charge in [-0.3, -0.25) is 4.72 Å². The van der Waals surface area contributed by atoms with Crippen LogP contribution in [0.15, 0.2) is 16.7 Å². The highest BCUT2D eigenvalue weighted by molar-refractivity contribution is 9.10. The zero-order valence-corrected chi connectivity index (χ0v) is 11.2. The van der Waals surface area contributed by atoms with E-state index in [1.807, 2.05) is 6.92 Å². The number of hydrogen-bond acceptors (Lipinski definition) is 3. The second-order valence-corrected chi connectivity index (χ2v) is 6.61. The maximum Gasteiger partial charge on any atom is 0.236 e. The van der Waals surface area contributed by atoms with Gasteiger partial charge in [-0.25, -0.2) is 13.4 Å². The van der Waals surface area contributed by atoms with E-state index in [4.69, 9.17) is 0 Å². The lowest BCUT2D eigenvalue weighted by molar-refractivity contribution is 0.592. The third kappa shape index (κ3) is 3.17. The van der Waals surface area contributed by atoms with Crippen LogP contribution in [-0.2, 0) is 10.0 Å². The second kappa shape index (κ2) is 4.49. The number of anilines is 1. The third-order valence-corrected chi connectivity index (χ3v) is 4.48. The van der Waals surface area contributed by atoms with Gasteiger partial charge in [0.15, 0.2) is 0 Å². The first-order valence-electron chi connectivity index (χ1n) is 4.46. The average Bonchev–Trinajstić information content (AvgIpc) is 2.10. The molecule has 0 aromatic carbocycles. The van der Waals surface area contributed by atoms with Crippen LogP contribution in [0.25, 0.3) is 0 Å². The van der Waals surface area contributed by atoms with Gasteiger partial charge in [0.05, 0.1) is 5.25 Å². The fourth-order valence-electron chi connectivity index (χ4n) is 0.859. The molecule has 0 radical (unpaired) electrons. The molecule has 0 amide bonds. The Morgan fingerprint density at radius 3 is 2.53 bits per heavy atom. The van der Waals surface area contributed by atoms with E-state index < -0.39 is 15.3 Å². The van der Waals surface area contributed by atoms with Crippen LogP contribution in [0.1, 0.15) is 19.4 Å². The number of pyridine rings is 1. The lowest BCUT2D eigenvalue weighted by Gasteiger charge is -2.10. The number of aryl methyl sites for hydroxylation is 1. The molecule has 1 aromatic rings. The lowest BCUT2D eigenvalue weighted by atomic mass is 10.3. The summed E-state index contributed by atoms with van der Waals surface area (Å²) in [5.74, 6) is 0.351. The molecular weight excluding hydrogens is 280 g/mol. The predicted molar refractivity (Wildman–Crippen MR) is 64.4 cm³/mol. The number of sulfonamides is 1. The smallest absolute Gasteiger partial charge is 0.236 e. The van der Waals surface area contributed by atoms with Crippen molar-refractivity contribution >= 4 is 31.8 Å². The number of halogens is 1. The minimum atomic E-state index is -3.31. The van der Waals surface area contributed by atoms with Crippen LogP contribution in [0.3, 0.4) is 0 Å². The average molecular weight is 293 g/mol. The summed E-state index contributed by atoms with van der Waals surface area (Å²) in [6, 6.07) is 1.68. The molecule has 0 saturated carbocycles. The number of nitrogens with one attached hydrogen (secondary N) is 1. The fourth-order valence-corrected chi connectivity index (χ4v) is 1.71. The van der Waals surface area contributed by atoms with Gasteiger partial charge in [-0.15, -0.1) is 0 Å². The van der Waals surface area contributed by atoms with Gasteiger partial charge >= 0.3 is 0 Å². The summed E-state index contributed by atoms with van der Waals surface area (Å²) in [5.41, 5.74) is 0.937. The molecule has 84 valence electrons. The van der Waals surface area contributed by atoms with Crippen molar-refractivity contribution in [3.63, 3.8) is 0 Å². The van der Waals surface area contributed by atoms with Crippen molar-refractivity contribution in [1.29, 1.82) is 0 Å². The molecule has 0 fully saturated rings. The van der Waals surface area contributed by atoms with Crippen molar-refractivity contribution < 1.29 is 8.42 Å². The number of nitrogens with zero attached hydrogens (tertiary/aromatic N) is 1. The highest BCUT2D eigenvalue weighted by Gasteiger charge is 2.16. The highest BCUT2D eigenvalue weighted by atomic mass is 79.9. The van der Waals surface area contributed by atoms with E-state index in [0.717, 1.165) is 10.0 Å². The van der Waals surface area contributed by atoms with E-state index in [1.54, 1.807) is 26.1 Å². The number of hydrogen-bond donors (Lipinski definition) is 1. The Labute approximate surface area is 98.3 Å². The first-order chi connectivity index (χ1) is 6.83. The van der Waals surface area contributed by atoms with Crippen LogP contribution in [0.2, 0.25) is 0 Å². The number of aromatic nitrogens is 1. The zero-order valence-electron chi connectivity index (χ0n) is 8.78. The SMILES string of the molecule is Cc1cc(NS(=O)(=O)C(C)C)ncc1Br. The van der Waals surface area contributed by atoms with E-state index in [0.29, 0.717) is 5.82 Å². The molecule has 4 nitrogen and oxygen atoms in total. The molecule has 0 unspecified atom stereocenters. The topological polar surface area (TPSA) is 59.1 Å². The van der Waals surface area contributed by atoms with Gasteiger partial charge in [-0.2, -0.15) is 0 Å². The molecule has 1 heterocycles. The minimum absolute atomic E-state index is 0.351. The minimum Gasteiger partial charge on any atom is -0.267 e. The van der Waals surface area contributed by atoms with Crippen molar-refractivity contribution in [2.45, 2.75) is 26.0 Å². The molecule has 0 spiro atoms. The summed E-state index contributed by atoms with van der Waals surface area (Å²) in [7, 11) is -3.31. The molecule has 0 aliphatic heterocycles. The van der Waals surface area contributed by atoms with Crippen molar-refractivity contribution in [1.82, 2.24) is 4.98 Å². The molecule has 1 aromatic heterocycles. The Bertz CT molecular complexity index is 457. The highest BCUT2D eigenvalue weighted by Crippen LogP contribution is 2.18. The molecular formula is C9H13BrN2O2S. The van der Waals surface area contributed by atoms with Gasteiger partial charge in [0.2, 0.25) is 10.0 Å².